The van der Waals surface area contributed by atoms with E-state index in [1.165, 1.54) is 17.0 Å². The lowest BCUT2D eigenvalue weighted by Gasteiger charge is -2.37. The third-order valence-electron chi connectivity index (χ3n) is 4.34. The van der Waals surface area contributed by atoms with Gasteiger partial charge in [-0.25, -0.2) is 4.39 Å². The van der Waals surface area contributed by atoms with Crippen LogP contribution in [0.25, 0.3) is 10.9 Å². The number of H-pyrrole nitrogens is 1. The van der Waals surface area contributed by atoms with E-state index >= 15 is 0 Å². The van der Waals surface area contributed by atoms with Crippen LogP contribution < -0.4 is 0 Å². The van der Waals surface area contributed by atoms with Gasteiger partial charge in [-0.15, -0.1) is 0 Å². The summed E-state index contributed by atoms with van der Waals surface area (Å²) in [6, 6.07) is 6.10. The Morgan fingerprint density at radius 1 is 1.41 bits per heavy atom. The highest BCUT2D eigenvalue weighted by atomic mass is 19.1. The van der Waals surface area contributed by atoms with Gasteiger partial charge in [0.05, 0.1) is 5.41 Å². The van der Waals surface area contributed by atoms with Crippen molar-refractivity contribution >= 4 is 22.8 Å². The van der Waals surface area contributed by atoms with Crippen LogP contribution in [-0.2, 0) is 4.79 Å². The predicted molar refractivity (Wildman–Crippen MR) is 79.1 cm³/mol. The first-order valence-corrected chi connectivity index (χ1v) is 7.21. The zero-order valence-corrected chi connectivity index (χ0v) is 12.2. The van der Waals surface area contributed by atoms with Gasteiger partial charge in [-0.2, -0.15) is 0 Å². The van der Waals surface area contributed by atoms with Crippen molar-refractivity contribution < 1.29 is 19.1 Å². The largest absolute Gasteiger partial charge is 0.481 e. The van der Waals surface area contributed by atoms with E-state index < -0.39 is 11.4 Å². The molecule has 1 fully saturated rings. The van der Waals surface area contributed by atoms with Crippen molar-refractivity contribution in [1.29, 1.82) is 0 Å². The molecule has 1 amide bonds. The summed E-state index contributed by atoms with van der Waals surface area (Å²) in [5, 5.41) is 9.69. The molecule has 2 N–H and O–H groups in total. The van der Waals surface area contributed by atoms with Gasteiger partial charge in [0, 0.05) is 24.0 Å². The molecule has 1 unspecified atom stereocenters. The van der Waals surface area contributed by atoms with E-state index in [0.29, 0.717) is 30.3 Å². The highest BCUT2D eigenvalue weighted by Gasteiger charge is 2.39. The number of aliphatic carboxylic acids is 1. The molecule has 1 aromatic carbocycles. The molecule has 2 heterocycles. The highest BCUT2D eigenvalue weighted by Crippen LogP contribution is 2.30. The second-order valence-corrected chi connectivity index (χ2v) is 6.08. The Labute approximate surface area is 126 Å². The zero-order valence-electron chi connectivity index (χ0n) is 12.2. The standard InChI is InChI=1S/C16H17FN2O3/c1-16(15(21)22)6-3-7-19(9-16)14(20)13-8-10-11(17)4-2-5-12(10)18-13/h2,4-5,8,18H,3,6-7,9H2,1H3,(H,21,22). The van der Waals surface area contributed by atoms with Gasteiger partial charge in [0.2, 0.25) is 0 Å². The third kappa shape index (κ3) is 2.34. The number of benzene rings is 1. The number of likely N-dealkylation sites (tertiary alicyclic amines) is 1. The van der Waals surface area contributed by atoms with Gasteiger partial charge in [0.1, 0.15) is 11.5 Å². The van der Waals surface area contributed by atoms with Crippen LogP contribution >= 0.6 is 0 Å². The molecule has 22 heavy (non-hydrogen) atoms. The molecule has 1 aromatic heterocycles. The number of piperidine rings is 1. The molecule has 0 aliphatic carbocycles. The molecular weight excluding hydrogens is 287 g/mol. The molecule has 5 nitrogen and oxygen atoms in total. The van der Waals surface area contributed by atoms with Gasteiger partial charge in [-0.1, -0.05) is 6.07 Å². The summed E-state index contributed by atoms with van der Waals surface area (Å²) in [6.45, 7) is 2.33. The van der Waals surface area contributed by atoms with E-state index in [1.807, 2.05) is 0 Å². The van der Waals surface area contributed by atoms with Gasteiger partial charge in [0.15, 0.2) is 0 Å². The number of nitrogens with zero attached hydrogens (tertiary/aromatic N) is 1. The lowest BCUT2D eigenvalue weighted by molar-refractivity contribution is -0.150. The molecule has 1 aliphatic rings. The molecule has 116 valence electrons. The van der Waals surface area contributed by atoms with Crippen molar-refractivity contribution in [2.75, 3.05) is 13.1 Å². The van der Waals surface area contributed by atoms with Gasteiger partial charge in [-0.05, 0) is 38.0 Å². The Balaban J connectivity index is 1.89. The maximum atomic E-state index is 13.7. The number of halogens is 1. The maximum Gasteiger partial charge on any atom is 0.311 e. The molecule has 0 radical (unpaired) electrons. The van der Waals surface area contributed by atoms with Crippen LogP contribution in [0.5, 0.6) is 0 Å². The summed E-state index contributed by atoms with van der Waals surface area (Å²) in [5.41, 5.74) is -0.0818. The Hall–Kier alpha value is -2.37. The molecule has 6 heteroatoms. The lowest BCUT2D eigenvalue weighted by Crippen LogP contribution is -2.48. The number of carboxylic acid groups (broad SMARTS) is 1. The third-order valence-corrected chi connectivity index (χ3v) is 4.34. The predicted octanol–water partition coefficient (Wildman–Crippen LogP) is 2.63. The number of amides is 1. The Morgan fingerprint density at radius 3 is 2.86 bits per heavy atom. The first kappa shape index (κ1) is 14.6. The van der Waals surface area contributed by atoms with Crippen molar-refractivity contribution in [2.45, 2.75) is 19.8 Å². The van der Waals surface area contributed by atoms with Crippen LogP contribution in [0.15, 0.2) is 24.3 Å². The van der Waals surface area contributed by atoms with Gasteiger partial charge in [0.25, 0.3) is 5.91 Å². The van der Waals surface area contributed by atoms with E-state index in [2.05, 4.69) is 4.98 Å². The second kappa shape index (κ2) is 5.12. The Kier molecular flexibility index (Phi) is 3.39. The van der Waals surface area contributed by atoms with Crippen molar-refractivity contribution in [2.24, 2.45) is 5.41 Å². The fourth-order valence-corrected chi connectivity index (χ4v) is 2.99. The molecule has 0 bridgehead atoms. The normalized spacial score (nSPS) is 22.0. The monoisotopic (exact) mass is 304 g/mol. The fraction of sp³-hybridized carbons (Fsp3) is 0.375. The average Bonchev–Trinajstić information content (AvgIpc) is 2.92. The van der Waals surface area contributed by atoms with E-state index in [0.717, 1.165) is 0 Å². The number of nitrogens with one attached hydrogen (secondary N) is 1. The summed E-state index contributed by atoms with van der Waals surface area (Å²) < 4.78 is 13.7. The van der Waals surface area contributed by atoms with Crippen LogP contribution in [0, 0.1) is 11.2 Å². The molecule has 1 atom stereocenters. The number of aromatic nitrogens is 1. The van der Waals surface area contributed by atoms with Crippen LogP contribution in [0.3, 0.4) is 0 Å². The number of hydrogen-bond donors (Lipinski definition) is 2. The second-order valence-electron chi connectivity index (χ2n) is 6.08. The number of aromatic amines is 1. The van der Waals surface area contributed by atoms with Crippen molar-refractivity contribution in [3.05, 3.63) is 35.8 Å². The SMILES string of the molecule is CC1(C(=O)O)CCCN(C(=O)c2cc3c(F)cccc3[nH]2)C1. The number of carbonyl (C=O) groups is 2. The lowest BCUT2D eigenvalue weighted by atomic mass is 9.82. The van der Waals surface area contributed by atoms with Crippen molar-refractivity contribution in [3.63, 3.8) is 0 Å². The van der Waals surface area contributed by atoms with Gasteiger partial charge in [-0.3, -0.25) is 9.59 Å². The fourth-order valence-electron chi connectivity index (χ4n) is 2.99. The highest BCUT2D eigenvalue weighted by molar-refractivity contribution is 5.98. The summed E-state index contributed by atoms with van der Waals surface area (Å²) in [7, 11) is 0. The number of hydrogen-bond acceptors (Lipinski definition) is 2. The van der Waals surface area contributed by atoms with E-state index in [-0.39, 0.29) is 24.0 Å². The topological polar surface area (TPSA) is 73.4 Å². The summed E-state index contributed by atoms with van der Waals surface area (Å²) >= 11 is 0. The molecule has 0 saturated carbocycles. The number of rotatable bonds is 2. The number of fused-ring (bicyclic) bond motifs is 1. The van der Waals surface area contributed by atoms with Gasteiger partial charge >= 0.3 is 5.97 Å². The van der Waals surface area contributed by atoms with Crippen LogP contribution in [0.2, 0.25) is 0 Å². The van der Waals surface area contributed by atoms with Crippen LogP contribution in [0.1, 0.15) is 30.3 Å². The molecule has 3 rings (SSSR count). The molecule has 1 saturated heterocycles. The molecule has 0 spiro atoms. The van der Waals surface area contributed by atoms with Gasteiger partial charge < -0.3 is 15.0 Å². The van der Waals surface area contributed by atoms with Crippen LogP contribution in [-0.4, -0.2) is 40.0 Å². The summed E-state index contributed by atoms with van der Waals surface area (Å²) in [6.07, 6.45) is 1.19. The van der Waals surface area contributed by atoms with Crippen molar-refractivity contribution in [1.82, 2.24) is 9.88 Å². The van der Waals surface area contributed by atoms with E-state index in [9.17, 15) is 19.1 Å². The maximum absolute atomic E-state index is 13.7. The van der Waals surface area contributed by atoms with Crippen molar-refractivity contribution in [3.8, 4) is 0 Å². The Morgan fingerprint density at radius 2 is 2.18 bits per heavy atom. The zero-order chi connectivity index (χ0) is 15.9. The van der Waals surface area contributed by atoms with Crippen LogP contribution in [0.4, 0.5) is 4.39 Å². The number of carbonyl (C=O) groups excluding carboxylic acids is 1. The number of carboxylic acids is 1. The first-order valence-electron chi connectivity index (χ1n) is 7.21. The minimum Gasteiger partial charge on any atom is -0.481 e. The molecule has 2 aromatic rings. The summed E-state index contributed by atoms with van der Waals surface area (Å²) in [5.74, 6) is -1.57. The Bertz CT molecular complexity index is 755. The minimum absolute atomic E-state index is 0.166. The van der Waals surface area contributed by atoms with E-state index in [4.69, 9.17) is 0 Å². The minimum atomic E-state index is -0.925. The first-order chi connectivity index (χ1) is 10.4. The average molecular weight is 304 g/mol. The quantitative estimate of drug-likeness (QED) is 0.895. The molecule has 1 aliphatic heterocycles. The summed E-state index contributed by atoms with van der Waals surface area (Å²) in [4.78, 5) is 28.4. The molecular formula is C16H17FN2O3. The smallest absolute Gasteiger partial charge is 0.311 e. The van der Waals surface area contributed by atoms with E-state index in [1.54, 1.807) is 19.1 Å².